The Morgan fingerprint density at radius 1 is 1.38 bits per heavy atom. The lowest BCUT2D eigenvalue weighted by molar-refractivity contribution is 0.111. The summed E-state index contributed by atoms with van der Waals surface area (Å²) >= 11 is 1.44. The molecule has 1 aliphatic rings. The Morgan fingerprint density at radius 2 is 2.14 bits per heavy atom. The first kappa shape index (κ1) is 14.3. The minimum Gasteiger partial charge on any atom is -0.391 e. The maximum absolute atomic E-state index is 11.8. The average molecular weight is 305 g/mol. The Hall–Kier alpha value is -1.66. The molecule has 0 spiro atoms. The predicted octanol–water partition coefficient (Wildman–Crippen LogP) is 2.97. The normalized spacial score (nSPS) is 17.0. The second-order valence-corrected chi connectivity index (χ2v) is 6.46. The van der Waals surface area contributed by atoms with Gasteiger partial charge in [-0.05, 0) is 30.9 Å². The number of carbonyl (C=O) groups excluding carboxylic acids is 1. The monoisotopic (exact) mass is 305 g/mol. The number of aliphatic hydroxyl groups excluding tert-OH is 1. The molecule has 1 unspecified atom stereocenters. The number of amides is 2. The summed E-state index contributed by atoms with van der Waals surface area (Å²) in [5, 5.41) is 16.0. The van der Waals surface area contributed by atoms with E-state index in [0.29, 0.717) is 17.6 Å². The van der Waals surface area contributed by atoms with Gasteiger partial charge in [-0.1, -0.05) is 36.3 Å². The van der Waals surface area contributed by atoms with E-state index >= 15 is 0 Å². The Labute approximate surface area is 127 Å². The predicted molar refractivity (Wildman–Crippen MR) is 84.6 cm³/mol. The van der Waals surface area contributed by atoms with E-state index in [9.17, 15) is 9.90 Å². The molecule has 1 fully saturated rings. The molecule has 0 radical (unpaired) electrons. The number of para-hydroxylation sites is 1. The number of hydrogen-bond acceptors (Lipinski definition) is 4. The number of rotatable bonds is 4. The van der Waals surface area contributed by atoms with Crippen molar-refractivity contribution in [2.24, 2.45) is 5.92 Å². The summed E-state index contributed by atoms with van der Waals surface area (Å²) in [4.78, 5) is 16.2. The lowest BCUT2D eigenvalue weighted by atomic mass is 10.0. The van der Waals surface area contributed by atoms with Gasteiger partial charge in [-0.15, -0.1) is 0 Å². The van der Waals surface area contributed by atoms with Crippen molar-refractivity contribution in [3.05, 3.63) is 24.3 Å². The second kappa shape index (κ2) is 6.41. The van der Waals surface area contributed by atoms with Crippen molar-refractivity contribution in [2.45, 2.75) is 31.8 Å². The molecule has 2 amide bonds. The van der Waals surface area contributed by atoms with E-state index in [1.807, 2.05) is 24.3 Å². The Bertz CT molecular complexity index is 589. The number of nitrogens with zero attached hydrogens (tertiary/aromatic N) is 1. The molecule has 2 aromatic rings. The van der Waals surface area contributed by atoms with Crippen molar-refractivity contribution in [3.63, 3.8) is 0 Å². The zero-order valence-corrected chi connectivity index (χ0v) is 12.5. The quantitative estimate of drug-likeness (QED) is 0.813. The van der Waals surface area contributed by atoms with E-state index in [1.165, 1.54) is 24.2 Å². The molecule has 0 saturated heterocycles. The lowest BCUT2D eigenvalue weighted by Crippen LogP contribution is -2.37. The van der Waals surface area contributed by atoms with E-state index in [-0.39, 0.29) is 6.03 Å². The van der Waals surface area contributed by atoms with Crippen LogP contribution in [0.3, 0.4) is 0 Å². The van der Waals surface area contributed by atoms with Crippen molar-refractivity contribution in [1.29, 1.82) is 0 Å². The molecule has 112 valence electrons. The molecule has 0 aliphatic heterocycles. The van der Waals surface area contributed by atoms with Crippen LogP contribution in [0.1, 0.15) is 25.7 Å². The molecule has 1 aliphatic carbocycles. The topological polar surface area (TPSA) is 74.2 Å². The number of aromatic nitrogens is 1. The van der Waals surface area contributed by atoms with Gasteiger partial charge in [0.1, 0.15) is 0 Å². The highest BCUT2D eigenvalue weighted by molar-refractivity contribution is 7.22. The average Bonchev–Trinajstić information content (AvgIpc) is 3.13. The van der Waals surface area contributed by atoms with Crippen LogP contribution in [-0.4, -0.2) is 28.8 Å². The molecule has 1 atom stereocenters. The largest absolute Gasteiger partial charge is 0.391 e. The van der Waals surface area contributed by atoms with Crippen molar-refractivity contribution in [3.8, 4) is 0 Å². The lowest BCUT2D eigenvalue weighted by Gasteiger charge is -2.17. The van der Waals surface area contributed by atoms with Crippen molar-refractivity contribution in [2.75, 3.05) is 11.9 Å². The molecular weight excluding hydrogens is 286 g/mol. The molecule has 1 saturated carbocycles. The van der Waals surface area contributed by atoms with E-state index in [0.717, 1.165) is 23.1 Å². The molecule has 1 aromatic carbocycles. The van der Waals surface area contributed by atoms with Crippen LogP contribution in [0.15, 0.2) is 24.3 Å². The molecule has 1 heterocycles. The van der Waals surface area contributed by atoms with Crippen LogP contribution < -0.4 is 10.6 Å². The van der Waals surface area contributed by atoms with Gasteiger partial charge < -0.3 is 10.4 Å². The van der Waals surface area contributed by atoms with Crippen LogP contribution in [0.4, 0.5) is 9.93 Å². The van der Waals surface area contributed by atoms with Gasteiger partial charge in [0.05, 0.1) is 16.3 Å². The van der Waals surface area contributed by atoms with Gasteiger partial charge in [0, 0.05) is 6.54 Å². The van der Waals surface area contributed by atoms with Gasteiger partial charge in [-0.3, -0.25) is 5.32 Å². The standard InChI is InChI=1S/C15H19N3O2S/c19-12(10-5-1-2-6-10)9-16-14(20)18-15-17-11-7-3-4-8-13(11)21-15/h3-4,7-8,10,12,19H,1-2,5-6,9H2,(H2,16,17,18,20). The maximum atomic E-state index is 11.8. The Kier molecular flexibility index (Phi) is 4.36. The van der Waals surface area contributed by atoms with E-state index < -0.39 is 6.10 Å². The Balaban J connectivity index is 1.51. The highest BCUT2D eigenvalue weighted by Gasteiger charge is 2.23. The number of benzene rings is 1. The Morgan fingerprint density at radius 3 is 2.90 bits per heavy atom. The molecule has 21 heavy (non-hydrogen) atoms. The van der Waals surface area contributed by atoms with Crippen LogP contribution in [0, 0.1) is 5.92 Å². The van der Waals surface area contributed by atoms with E-state index in [4.69, 9.17) is 0 Å². The van der Waals surface area contributed by atoms with Crippen LogP contribution >= 0.6 is 11.3 Å². The minimum atomic E-state index is -0.450. The maximum Gasteiger partial charge on any atom is 0.321 e. The third kappa shape index (κ3) is 3.51. The summed E-state index contributed by atoms with van der Waals surface area (Å²) in [6, 6.07) is 7.44. The van der Waals surface area contributed by atoms with Crippen LogP contribution in [0.2, 0.25) is 0 Å². The van der Waals surface area contributed by atoms with E-state index in [2.05, 4.69) is 15.6 Å². The van der Waals surface area contributed by atoms with Crippen molar-refractivity contribution < 1.29 is 9.90 Å². The summed E-state index contributed by atoms with van der Waals surface area (Å²) < 4.78 is 1.04. The summed E-state index contributed by atoms with van der Waals surface area (Å²) in [6.07, 6.45) is 4.03. The number of hydrogen-bond donors (Lipinski definition) is 3. The summed E-state index contributed by atoms with van der Waals surface area (Å²) in [7, 11) is 0. The second-order valence-electron chi connectivity index (χ2n) is 5.43. The van der Waals surface area contributed by atoms with Gasteiger partial charge in [0.15, 0.2) is 5.13 Å². The number of urea groups is 1. The number of nitrogens with one attached hydrogen (secondary N) is 2. The van der Waals surface area contributed by atoms with Gasteiger partial charge in [0.25, 0.3) is 0 Å². The highest BCUT2D eigenvalue weighted by Crippen LogP contribution is 2.27. The fourth-order valence-electron chi connectivity index (χ4n) is 2.77. The molecule has 3 rings (SSSR count). The van der Waals surface area contributed by atoms with Gasteiger partial charge in [-0.2, -0.15) is 0 Å². The molecule has 0 bridgehead atoms. The smallest absolute Gasteiger partial charge is 0.321 e. The van der Waals surface area contributed by atoms with Crippen molar-refractivity contribution >= 4 is 32.7 Å². The summed E-state index contributed by atoms with van der Waals surface area (Å²) in [5.41, 5.74) is 0.879. The van der Waals surface area contributed by atoms with Gasteiger partial charge >= 0.3 is 6.03 Å². The first-order valence-corrected chi connectivity index (χ1v) is 8.12. The zero-order chi connectivity index (χ0) is 14.7. The van der Waals surface area contributed by atoms with Gasteiger partial charge in [0.2, 0.25) is 0 Å². The zero-order valence-electron chi connectivity index (χ0n) is 11.7. The number of thiazole rings is 1. The summed E-state index contributed by atoms with van der Waals surface area (Å²) in [5.74, 6) is 0.327. The SMILES string of the molecule is O=C(NCC(O)C1CCCC1)Nc1nc2ccccc2s1. The third-order valence-electron chi connectivity index (χ3n) is 3.93. The molecule has 6 heteroatoms. The van der Waals surface area contributed by atoms with Crippen LogP contribution in [-0.2, 0) is 0 Å². The first-order chi connectivity index (χ1) is 10.2. The third-order valence-corrected chi connectivity index (χ3v) is 4.88. The summed E-state index contributed by atoms with van der Waals surface area (Å²) in [6.45, 7) is 0.293. The fraction of sp³-hybridized carbons (Fsp3) is 0.467. The number of carbonyl (C=O) groups is 1. The number of fused-ring (bicyclic) bond motifs is 1. The fourth-order valence-corrected chi connectivity index (χ4v) is 3.63. The molecule has 5 nitrogen and oxygen atoms in total. The van der Waals surface area contributed by atoms with E-state index in [1.54, 1.807) is 0 Å². The van der Waals surface area contributed by atoms with Crippen molar-refractivity contribution in [1.82, 2.24) is 10.3 Å². The molecular formula is C15H19N3O2S. The minimum absolute atomic E-state index is 0.293. The first-order valence-electron chi connectivity index (χ1n) is 7.31. The molecule has 3 N–H and O–H groups in total. The molecule has 1 aromatic heterocycles. The van der Waals surface area contributed by atoms with Crippen LogP contribution in [0.25, 0.3) is 10.2 Å². The highest BCUT2D eigenvalue weighted by atomic mass is 32.1. The number of aliphatic hydroxyl groups is 1. The van der Waals surface area contributed by atoms with Crippen LogP contribution in [0.5, 0.6) is 0 Å². The number of anilines is 1. The van der Waals surface area contributed by atoms with Gasteiger partial charge in [-0.25, -0.2) is 9.78 Å².